The SMILES string of the molecule is CCCNC(CCC(C)(C)OC)c1ccc(Cl)cc1C. The van der Waals surface area contributed by atoms with Gasteiger partial charge in [0.25, 0.3) is 0 Å². The fourth-order valence-electron chi connectivity index (χ4n) is 2.31. The minimum Gasteiger partial charge on any atom is -0.379 e. The number of aryl methyl sites for hydroxylation is 1. The minimum atomic E-state index is -0.0769. The third-order valence-corrected chi connectivity index (χ3v) is 4.07. The monoisotopic (exact) mass is 297 g/mol. The molecule has 1 rings (SSSR count). The summed E-state index contributed by atoms with van der Waals surface area (Å²) in [5.41, 5.74) is 2.52. The number of hydrogen-bond donors (Lipinski definition) is 1. The van der Waals surface area contributed by atoms with Crippen molar-refractivity contribution in [3.63, 3.8) is 0 Å². The fourth-order valence-corrected chi connectivity index (χ4v) is 2.54. The highest BCUT2D eigenvalue weighted by atomic mass is 35.5. The minimum absolute atomic E-state index is 0.0769. The summed E-state index contributed by atoms with van der Waals surface area (Å²) in [5, 5.41) is 4.45. The Morgan fingerprint density at radius 3 is 2.60 bits per heavy atom. The number of hydrogen-bond acceptors (Lipinski definition) is 2. The average molecular weight is 298 g/mol. The Hall–Kier alpha value is -0.570. The first kappa shape index (κ1) is 17.5. The highest BCUT2D eigenvalue weighted by molar-refractivity contribution is 6.30. The maximum atomic E-state index is 6.06. The summed E-state index contributed by atoms with van der Waals surface area (Å²) in [7, 11) is 1.78. The van der Waals surface area contributed by atoms with Gasteiger partial charge < -0.3 is 10.1 Å². The smallest absolute Gasteiger partial charge is 0.0623 e. The summed E-state index contributed by atoms with van der Waals surface area (Å²) in [5.74, 6) is 0. The van der Waals surface area contributed by atoms with Gasteiger partial charge in [0.1, 0.15) is 0 Å². The molecule has 0 bridgehead atoms. The number of halogens is 1. The van der Waals surface area contributed by atoms with Crippen molar-refractivity contribution >= 4 is 11.6 Å². The van der Waals surface area contributed by atoms with E-state index in [2.05, 4.69) is 39.1 Å². The van der Waals surface area contributed by atoms with E-state index in [0.717, 1.165) is 30.8 Å². The second-order valence-corrected chi connectivity index (χ2v) is 6.45. The van der Waals surface area contributed by atoms with E-state index in [1.807, 2.05) is 12.1 Å². The van der Waals surface area contributed by atoms with E-state index in [1.54, 1.807) is 7.11 Å². The van der Waals surface area contributed by atoms with Crippen LogP contribution in [0.15, 0.2) is 18.2 Å². The van der Waals surface area contributed by atoms with Crippen LogP contribution in [0.4, 0.5) is 0 Å². The van der Waals surface area contributed by atoms with Crippen LogP contribution in [-0.4, -0.2) is 19.3 Å². The van der Waals surface area contributed by atoms with Crippen molar-refractivity contribution in [2.45, 2.75) is 58.6 Å². The molecular weight excluding hydrogens is 270 g/mol. The zero-order valence-electron chi connectivity index (χ0n) is 13.4. The lowest BCUT2D eigenvalue weighted by Crippen LogP contribution is -2.28. The molecule has 0 aliphatic heterocycles. The lowest BCUT2D eigenvalue weighted by Gasteiger charge is -2.27. The van der Waals surface area contributed by atoms with E-state index in [4.69, 9.17) is 16.3 Å². The van der Waals surface area contributed by atoms with Gasteiger partial charge in [-0.3, -0.25) is 0 Å². The van der Waals surface area contributed by atoms with Gasteiger partial charge >= 0.3 is 0 Å². The van der Waals surface area contributed by atoms with Gasteiger partial charge in [-0.25, -0.2) is 0 Å². The topological polar surface area (TPSA) is 21.3 Å². The number of rotatable bonds is 8. The molecule has 0 aromatic heterocycles. The van der Waals surface area contributed by atoms with Crippen LogP contribution in [0.25, 0.3) is 0 Å². The second-order valence-electron chi connectivity index (χ2n) is 6.01. The maximum Gasteiger partial charge on any atom is 0.0623 e. The maximum absolute atomic E-state index is 6.06. The Labute approximate surface area is 128 Å². The first-order chi connectivity index (χ1) is 9.39. The van der Waals surface area contributed by atoms with Crippen molar-refractivity contribution in [2.24, 2.45) is 0 Å². The van der Waals surface area contributed by atoms with E-state index in [1.165, 1.54) is 11.1 Å². The molecule has 1 atom stereocenters. The molecule has 0 saturated heterocycles. The van der Waals surface area contributed by atoms with Crippen LogP contribution < -0.4 is 5.32 Å². The summed E-state index contributed by atoms with van der Waals surface area (Å²) in [6.45, 7) is 9.62. The number of nitrogens with one attached hydrogen (secondary N) is 1. The molecule has 0 aliphatic rings. The van der Waals surface area contributed by atoms with Crippen molar-refractivity contribution in [2.75, 3.05) is 13.7 Å². The zero-order valence-corrected chi connectivity index (χ0v) is 14.2. The fraction of sp³-hybridized carbons (Fsp3) is 0.647. The first-order valence-electron chi connectivity index (χ1n) is 7.44. The molecule has 0 fully saturated rings. The summed E-state index contributed by atoms with van der Waals surface area (Å²) >= 11 is 6.06. The normalized spacial score (nSPS) is 13.5. The Morgan fingerprint density at radius 1 is 1.35 bits per heavy atom. The van der Waals surface area contributed by atoms with Gasteiger partial charge in [-0.1, -0.05) is 24.6 Å². The average Bonchev–Trinajstić information content (AvgIpc) is 2.40. The Morgan fingerprint density at radius 2 is 2.05 bits per heavy atom. The molecular formula is C17H28ClNO. The van der Waals surface area contributed by atoms with Crippen molar-refractivity contribution < 1.29 is 4.74 Å². The van der Waals surface area contributed by atoms with Gasteiger partial charge in [0, 0.05) is 18.2 Å². The molecule has 0 radical (unpaired) electrons. The summed E-state index contributed by atoms with van der Waals surface area (Å²) in [4.78, 5) is 0. The Balaban J connectivity index is 2.82. The predicted octanol–water partition coefficient (Wildman–Crippen LogP) is 4.89. The third-order valence-electron chi connectivity index (χ3n) is 3.84. The molecule has 1 unspecified atom stereocenters. The highest BCUT2D eigenvalue weighted by Gasteiger charge is 2.20. The molecule has 114 valence electrons. The van der Waals surface area contributed by atoms with Gasteiger partial charge in [0.2, 0.25) is 0 Å². The first-order valence-corrected chi connectivity index (χ1v) is 7.82. The summed E-state index contributed by atoms with van der Waals surface area (Å²) in [6.07, 6.45) is 3.22. The molecule has 20 heavy (non-hydrogen) atoms. The van der Waals surface area contributed by atoms with Crippen molar-refractivity contribution in [1.82, 2.24) is 5.32 Å². The van der Waals surface area contributed by atoms with E-state index in [9.17, 15) is 0 Å². The molecule has 2 nitrogen and oxygen atoms in total. The predicted molar refractivity (Wildman–Crippen MR) is 87.5 cm³/mol. The van der Waals surface area contributed by atoms with Gasteiger partial charge in [0.15, 0.2) is 0 Å². The van der Waals surface area contributed by atoms with Crippen LogP contribution in [0.1, 0.15) is 57.2 Å². The van der Waals surface area contributed by atoms with E-state index in [-0.39, 0.29) is 5.60 Å². The largest absolute Gasteiger partial charge is 0.379 e. The molecule has 0 spiro atoms. The van der Waals surface area contributed by atoms with Crippen LogP contribution in [0, 0.1) is 6.92 Å². The van der Waals surface area contributed by atoms with E-state index in [0.29, 0.717) is 6.04 Å². The quantitative estimate of drug-likeness (QED) is 0.737. The summed E-state index contributed by atoms with van der Waals surface area (Å²) < 4.78 is 5.53. The standard InChI is InChI=1S/C17H28ClNO/c1-6-11-19-16(9-10-17(3,4)20-5)15-8-7-14(18)12-13(15)2/h7-8,12,16,19H,6,9-11H2,1-5H3. The third kappa shape index (κ3) is 5.43. The van der Waals surface area contributed by atoms with Crippen LogP contribution in [-0.2, 0) is 4.74 Å². The molecule has 0 aliphatic carbocycles. The number of ether oxygens (including phenoxy) is 1. The van der Waals surface area contributed by atoms with E-state index >= 15 is 0 Å². The van der Waals surface area contributed by atoms with Crippen molar-refractivity contribution in [3.05, 3.63) is 34.3 Å². The summed E-state index contributed by atoms with van der Waals surface area (Å²) in [6, 6.07) is 6.53. The molecule has 0 heterocycles. The van der Waals surface area contributed by atoms with E-state index < -0.39 is 0 Å². The van der Waals surface area contributed by atoms with Crippen LogP contribution >= 0.6 is 11.6 Å². The molecule has 1 aromatic rings. The van der Waals surface area contributed by atoms with Gasteiger partial charge in [-0.2, -0.15) is 0 Å². The van der Waals surface area contributed by atoms with Crippen molar-refractivity contribution in [3.8, 4) is 0 Å². The van der Waals surface area contributed by atoms with Crippen LogP contribution in [0.2, 0.25) is 5.02 Å². The second kappa shape index (κ2) is 8.02. The lowest BCUT2D eigenvalue weighted by atomic mass is 9.92. The molecule has 0 saturated carbocycles. The Kier molecular flexibility index (Phi) is 7.01. The van der Waals surface area contributed by atoms with Crippen LogP contribution in [0.3, 0.4) is 0 Å². The molecule has 1 aromatic carbocycles. The molecule has 1 N–H and O–H groups in total. The van der Waals surface area contributed by atoms with Gasteiger partial charge in [-0.15, -0.1) is 0 Å². The van der Waals surface area contributed by atoms with Gasteiger partial charge in [0.05, 0.1) is 5.60 Å². The van der Waals surface area contributed by atoms with Crippen molar-refractivity contribution in [1.29, 1.82) is 0 Å². The lowest BCUT2D eigenvalue weighted by molar-refractivity contribution is 0.0116. The van der Waals surface area contributed by atoms with Crippen LogP contribution in [0.5, 0.6) is 0 Å². The molecule has 3 heteroatoms. The molecule has 0 amide bonds. The highest BCUT2D eigenvalue weighted by Crippen LogP contribution is 2.28. The number of methoxy groups -OCH3 is 1. The Bertz CT molecular complexity index is 417. The zero-order chi connectivity index (χ0) is 15.2. The number of benzene rings is 1. The van der Waals surface area contributed by atoms with Gasteiger partial charge in [-0.05, 0) is 69.8 Å².